The van der Waals surface area contributed by atoms with Crippen LogP contribution in [-0.4, -0.2) is 18.6 Å². The van der Waals surface area contributed by atoms with Crippen molar-refractivity contribution >= 4 is 0 Å². The summed E-state index contributed by atoms with van der Waals surface area (Å²) in [4.78, 5) is 4.39. The standard InChI is InChI=1S/C17H22N2O/c1-3-18-16(12-11-14-8-6-7-13-19-14)15-9-4-5-10-17(15)20-2/h4-10,13,16,18H,3,11-12H2,1-2H3. The summed E-state index contributed by atoms with van der Waals surface area (Å²) < 4.78 is 5.47. The highest BCUT2D eigenvalue weighted by molar-refractivity contribution is 5.36. The highest BCUT2D eigenvalue weighted by Gasteiger charge is 2.14. The average Bonchev–Trinajstić information content (AvgIpc) is 2.52. The highest BCUT2D eigenvalue weighted by Crippen LogP contribution is 2.27. The number of aromatic nitrogens is 1. The van der Waals surface area contributed by atoms with Crippen molar-refractivity contribution in [3.8, 4) is 5.75 Å². The number of nitrogens with zero attached hydrogens (tertiary/aromatic N) is 1. The highest BCUT2D eigenvalue weighted by atomic mass is 16.5. The molecule has 0 radical (unpaired) electrons. The summed E-state index contributed by atoms with van der Waals surface area (Å²) in [5.74, 6) is 0.944. The third-order valence-corrected chi connectivity index (χ3v) is 3.38. The first-order valence-electron chi connectivity index (χ1n) is 7.11. The van der Waals surface area contributed by atoms with E-state index in [0.717, 1.165) is 30.8 Å². The Morgan fingerprint density at radius 2 is 1.95 bits per heavy atom. The number of rotatable bonds is 7. The fourth-order valence-corrected chi connectivity index (χ4v) is 2.41. The van der Waals surface area contributed by atoms with Gasteiger partial charge < -0.3 is 10.1 Å². The molecular weight excluding hydrogens is 248 g/mol. The maximum absolute atomic E-state index is 5.47. The van der Waals surface area contributed by atoms with Crippen molar-refractivity contribution in [3.63, 3.8) is 0 Å². The van der Waals surface area contributed by atoms with Gasteiger partial charge in [0.15, 0.2) is 0 Å². The number of hydrogen-bond donors (Lipinski definition) is 1. The quantitative estimate of drug-likeness (QED) is 0.837. The maximum Gasteiger partial charge on any atom is 0.123 e. The molecule has 0 fully saturated rings. The molecule has 3 heteroatoms. The summed E-state index contributed by atoms with van der Waals surface area (Å²) in [7, 11) is 1.72. The van der Waals surface area contributed by atoms with Gasteiger partial charge in [-0.25, -0.2) is 0 Å². The van der Waals surface area contributed by atoms with Crippen LogP contribution in [0, 0.1) is 0 Å². The monoisotopic (exact) mass is 270 g/mol. The lowest BCUT2D eigenvalue weighted by molar-refractivity contribution is 0.396. The largest absolute Gasteiger partial charge is 0.496 e. The summed E-state index contributed by atoms with van der Waals surface area (Å²) in [6.07, 6.45) is 3.81. The van der Waals surface area contributed by atoms with Crippen LogP contribution in [0.1, 0.15) is 30.6 Å². The van der Waals surface area contributed by atoms with Crippen LogP contribution in [0.4, 0.5) is 0 Å². The fourth-order valence-electron chi connectivity index (χ4n) is 2.41. The topological polar surface area (TPSA) is 34.2 Å². The summed E-state index contributed by atoms with van der Waals surface area (Å²) in [5, 5.41) is 3.54. The van der Waals surface area contributed by atoms with Crippen molar-refractivity contribution in [3.05, 3.63) is 59.9 Å². The Morgan fingerprint density at radius 3 is 2.65 bits per heavy atom. The molecule has 0 bridgehead atoms. The Hall–Kier alpha value is -1.87. The van der Waals surface area contributed by atoms with Gasteiger partial charge in [0.2, 0.25) is 0 Å². The third-order valence-electron chi connectivity index (χ3n) is 3.38. The molecule has 1 atom stereocenters. The molecule has 1 aromatic carbocycles. The number of para-hydroxylation sites is 1. The van der Waals surface area contributed by atoms with Crippen LogP contribution in [0.15, 0.2) is 48.7 Å². The molecule has 2 aromatic rings. The number of hydrogen-bond acceptors (Lipinski definition) is 3. The molecule has 1 unspecified atom stereocenters. The van der Waals surface area contributed by atoms with Crippen molar-refractivity contribution in [1.82, 2.24) is 10.3 Å². The van der Waals surface area contributed by atoms with Gasteiger partial charge in [0.05, 0.1) is 7.11 Å². The predicted octanol–water partition coefficient (Wildman–Crippen LogP) is 3.37. The second kappa shape index (κ2) is 7.65. The molecule has 1 heterocycles. The van der Waals surface area contributed by atoms with E-state index in [9.17, 15) is 0 Å². The third kappa shape index (κ3) is 3.81. The van der Waals surface area contributed by atoms with Crippen LogP contribution in [0.3, 0.4) is 0 Å². The molecular formula is C17H22N2O. The number of pyridine rings is 1. The van der Waals surface area contributed by atoms with Crippen LogP contribution in [0.25, 0.3) is 0 Å². The molecule has 0 aliphatic heterocycles. The molecule has 1 aromatic heterocycles. The second-order valence-corrected chi connectivity index (χ2v) is 4.71. The molecule has 0 saturated carbocycles. The van der Waals surface area contributed by atoms with Gasteiger partial charge >= 0.3 is 0 Å². The van der Waals surface area contributed by atoms with E-state index in [4.69, 9.17) is 4.74 Å². The smallest absolute Gasteiger partial charge is 0.123 e. The molecule has 0 aliphatic carbocycles. The van der Waals surface area contributed by atoms with Gasteiger partial charge in [-0.3, -0.25) is 4.98 Å². The molecule has 1 N–H and O–H groups in total. The fraction of sp³-hybridized carbons (Fsp3) is 0.353. The van der Waals surface area contributed by atoms with E-state index in [-0.39, 0.29) is 6.04 Å². The number of nitrogens with one attached hydrogen (secondary N) is 1. The SMILES string of the molecule is CCNC(CCc1ccccn1)c1ccccc1OC. The van der Waals surface area contributed by atoms with E-state index >= 15 is 0 Å². The Balaban J connectivity index is 2.10. The molecule has 106 valence electrons. The van der Waals surface area contributed by atoms with E-state index in [2.05, 4.69) is 35.4 Å². The van der Waals surface area contributed by atoms with E-state index in [1.165, 1.54) is 5.56 Å². The summed E-state index contributed by atoms with van der Waals surface area (Å²) in [6.45, 7) is 3.06. The maximum atomic E-state index is 5.47. The van der Waals surface area contributed by atoms with Crippen molar-refractivity contribution in [1.29, 1.82) is 0 Å². The first-order chi connectivity index (χ1) is 9.85. The minimum Gasteiger partial charge on any atom is -0.496 e. The minimum absolute atomic E-state index is 0.290. The van der Waals surface area contributed by atoms with Gasteiger partial charge in [0.25, 0.3) is 0 Å². The van der Waals surface area contributed by atoms with Crippen LogP contribution in [-0.2, 0) is 6.42 Å². The Morgan fingerprint density at radius 1 is 1.15 bits per heavy atom. The van der Waals surface area contributed by atoms with Gasteiger partial charge in [0.1, 0.15) is 5.75 Å². The lowest BCUT2D eigenvalue weighted by atomic mass is 9.99. The lowest BCUT2D eigenvalue weighted by Crippen LogP contribution is -2.22. The summed E-state index contributed by atoms with van der Waals surface area (Å²) in [6, 6.07) is 14.6. The van der Waals surface area contributed by atoms with E-state index in [1.54, 1.807) is 7.11 Å². The van der Waals surface area contributed by atoms with Crippen LogP contribution in [0.2, 0.25) is 0 Å². The molecule has 0 spiro atoms. The van der Waals surface area contributed by atoms with Gasteiger partial charge in [-0.05, 0) is 37.6 Å². The molecule has 0 aliphatic rings. The molecule has 2 rings (SSSR count). The Labute approximate surface area is 121 Å². The average molecular weight is 270 g/mol. The predicted molar refractivity (Wildman–Crippen MR) is 82.0 cm³/mol. The lowest BCUT2D eigenvalue weighted by Gasteiger charge is -2.20. The summed E-state index contributed by atoms with van der Waals surface area (Å²) >= 11 is 0. The number of methoxy groups -OCH3 is 1. The molecule has 0 amide bonds. The first kappa shape index (κ1) is 14.5. The van der Waals surface area contributed by atoms with E-state index in [1.807, 2.05) is 30.5 Å². The van der Waals surface area contributed by atoms with Crippen LogP contribution < -0.4 is 10.1 Å². The molecule has 20 heavy (non-hydrogen) atoms. The second-order valence-electron chi connectivity index (χ2n) is 4.71. The van der Waals surface area contributed by atoms with Crippen LogP contribution in [0.5, 0.6) is 5.75 Å². The van der Waals surface area contributed by atoms with E-state index in [0.29, 0.717) is 0 Å². The molecule has 3 nitrogen and oxygen atoms in total. The zero-order valence-corrected chi connectivity index (χ0v) is 12.2. The van der Waals surface area contributed by atoms with Gasteiger partial charge in [-0.1, -0.05) is 31.2 Å². The van der Waals surface area contributed by atoms with Crippen molar-refractivity contribution in [2.45, 2.75) is 25.8 Å². The van der Waals surface area contributed by atoms with Crippen molar-refractivity contribution in [2.24, 2.45) is 0 Å². The van der Waals surface area contributed by atoms with Gasteiger partial charge in [0, 0.05) is 23.5 Å². The Kier molecular flexibility index (Phi) is 5.56. The van der Waals surface area contributed by atoms with Crippen molar-refractivity contribution in [2.75, 3.05) is 13.7 Å². The minimum atomic E-state index is 0.290. The van der Waals surface area contributed by atoms with Crippen LogP contribution >= 0.6 is 0 Å². The zero-order valence-electron chi connectivity index (χ0n) is 12.2. The van der Waals surface area contributed by atoms with Gasteiger partial charge in [-0.2, -0.15) is 0 Å². The Bertz CT molecular complexity index is 513. The summed E-state index contributed by atoms with van der Waals surface area (Å²) in [5.41, 5.74) is 2.35. The van der Waals surface area contributed by atoms with Crippen molar-refractivity contribution < 1.29 is 4.74 Å². The van der Waals surface area contributed by atoms with Gasteiger partial charge in [-0.15, -0.1) is 0 Å². The number of aryl methyl sites for hydroxylation is 1. The first-order valence-corrected chi connectivity index (χ1v) is 7.11. The number of benzene rings is 1. The molecule has 0 saturated heterocycles. The normalized spacial score (nSPS) is 12.1. The zero-order chi connectivity index (χ0) is 14.2. The van der Waals surface area contributed by atoms with E-state index < -0.39 is 0 Å². The number of ether oxygens (including phenoxy) is 1.